The van der Waals surface area contributed by atoms with Crippen molar-refractivity contribution < 1.29 is 13.3 Å². The highest BCUT2D eigenvalue weighted by Crippen LogP contribution is 2.43. The molecule has 122 valence electrons. The van der Waals surface area contributed by atoms with E-state index in [1.54, 1.807) is 13.1 Å². The Bertz CT molecular complexity index is 682. The summed E-state index contributed by atoms with van der Waals surface area (Å²) in [4.78, 5) is 6.09. The second-order valence-electron chi connectivity index (χ2n) is 5.62. The van der Waals surface area contributed by atoms with Crippen LogP contribution in [0.5, 0.6) is 0 Å². The Morgan fingerprint density at radius 2 is 2.13 bits per heavy atom. The second kappa shape index (κ2) is 6.36. The summed E-state index contributed by atoms with van der Waals surface area (Å²) in [5.74, 6) is -0.513. The second-order valence-corrected chi connectivity index (χ2v) is 5.62. The summed E-state index contributed by atoms with van der Waals surface area (Å²) in [6.07, 6.45) is 2.19. The molecule has 0 saturated heterocycles. The number of aromatic nitrogens is 1. The maximum Gasteiger partial charge on any atom is 0.193 e. The molecule has 2 unspecified atom stereocenters. The van der Waals surface area contributed by atoms with Crippen LogP contribution >= 0.6 is 0 Å². The number of hydrogen-bond donors (Lipinski definition) is 1. The fourth-order valence-corrected chi connectivity index (χ4v) is 2.69. The van der Waals surface area contributed by atoms with Gasteiger partial charge in [0.15, 0.2) is 5.96 Å². The molecule has 1 fully saturated rings. The normalized spacial score (nSPS) is 20.4. The first-order valence-corrected chi connectivity index (χ1v) is 7.37. The summed E-state index contributed by atoms with van der Waals surface area (Å²) in [6.45, 7) is 0.529. The smallest absolute Gasteiger partial charge is 0.193 e. The van der Waals surface area contributed by atoms with E-state index < -0.39 is 11.6 Å². The van der Waals surface area contributed by atoms with Crippen LogP contribution in [0.1, 0.15) is 23.6 Å². The van der Waals surface area contributed by atoms with Crippen molar-refractivity contribution in [3.8, 4) is 0 Å². The summed E-state index contributed by atoms with van der Waals surface area (Å²) in [6, 6.07) is 5.71. The average Bonchev–Trinajstić information content (AvgIpc) is 3.06. The van der Waals surface area contributed by atoms with Gasteiger partial charge in [-0.2, -0.15) is 0 Å². The van der Waals surface area contributed by atoms with Gasteiger partial charge in [0.25, 0.3) is 0 Å². The van der Waals surface area contributed by atoms with E-state index >= 15 is 0 Å². The van der Waals surface area contributed by atoms with Crippen molar-refractivity contribution in [2.75, 3.05) is 14.1 Å². The number of benzene rings is 1. The van der Waals surface area contributed by atoms with Gasteiger partial charge in [-0.15, -0.1) is 0 Å². The molecule has 3 rings (SSSR count). The number of nitrogens with zero attached hydrogens (tertiary/aromatic N) is 3. The topological polar surface area (TPSA) is 53.7 Å². The molecule has 0 amide bonds. The van der Waals surface area contributed by atoms with E-state index in [4.69, 9.17) is 4.52 Å². The first-order valence-electron chi connectivity index (χ1n) is 7.37. The molecule has 0 bridgehead atoms. The van der Waals surface area contributed by atoms with Gasteiger partial charge in [-0.05, 0) is 18.6 Å². The van der Waals surface area contributed by atoms with E-state index in [9.17, 15) is 8.78 Å². The molecule has 0 radical (unpaired) electrons. The number of nitrogens with one attached hydrogen (secondary N) is 1. The summed E-state index contributed by atoms with van der Waals surface area (Å²) >= 11 is 0. The zero-order valence-corrected chi connectivity index (χ0v) is 13.0. The maximum absolute atomic E-state index is 13.8. The lowest BCUT2D eigenvalue weighted by atomic mass is 10.1. The average molecular weight is 320 g/mol. The van der Waals surface area contributed by atoms with E-state index in [0.717, 1.165) is 5.69 Å². The highest BCUT2D eigenvalue weighted by molar-refractivity contribution is 5.80. The van der Waals surface area contributed by atoms with Gasteiger partial charge in [-0.1, -0.05) is 11.2 Å². The molecule has 23 heavy (non-hydrogen) atoms. The Kier molecular flexibility index (Phi) is 4.27. The molecule has 7 heteroatoms. The fraction of sp³-hybridized carbons (Fsp3) is 0.375. The molecule has 1 heterocycles. The van der Waals surface area contributed by atoms with Crippen LogP contribution in [0, 0.1) is 11.6 Å². The largest absolute Gasteiger partial charge is 0.364 e. The Balaban J connectivity index is 1.63. The summed E-state index contributed by atoms with van der Waals surface area (Å²) < 4.78 is 32.4. The third-order valence-corrected chi connectivity index (χ3v) is 3.94. The van der Waals surface area contributed by atoms with Crippen LogP contribution in [-0.2, 0) is 6.54 Å². The SMILES string of the molecule is CN=C(NC1CC1c1c(F)cccc1F)N(C)Cc1ccon1. The molecule has 5 nitrogen and oxygen atoms in total. The Morgan fingerprint density at radius 3 is 2.74 bits per heavy atom. The molecule has 1 N–H and O–H groups in total. The molecule has 0 spiro atoms. The lowest BCUT2D eigenvalue weighted by Crippen LogP contribution is -2.40. The van der Waals surface area contributed by atoms with Crippen LogP contribution in [0.2, 0.25) is 0 Å². The van der Waals surface area contributed by atoms with E-state index in [1.807, 2.05) is 11.9 Å². The van der Waals surface area contributed by atoms with Crippen LogP contribution < -0.4 is 5.32 Å². The molecule has 2 atom stereocenters. The van der Waals surface area contributed by atoms with Crippen molar-refractivity contribution in [2.24, 2.45) is 4.99 Å². The molecule has 1 aromatic carbocycles. The van der Waals surface area contributed by atoms with Crippen molar-refractivity contribution in [2.45, 2.75) is 24.9 Å². The van der Waals surface area contributed by atoms with Crippen LogP contribution in [0.4, 0.5) is 8.78 Å². The molecule has 0 aliphatic heterocycles. The predicted octanol–water partition coefficient (Wildman–Crippen LogP) is 2.52. The summed E-state index contributed by atoms with van der Waals surface area (Å²) in [5.41, 5.74) is 0.933. The van der Waals surface area contributed by atoms with Crippen molar-refractivity contribution in [1.82, 2.24) is 15.4 Å². The van der Waals surface area contributed by atoms with Crippen LogP contribution in [-0.4, -0.2) is 36.2 Å². The highest BCUT2D eigenvalue weighted by atomic mass is 19.1. The maximum atomic E-state index is 13.8. The van der Waals surface area contributed by atoms with Crippen molar-refractivity contribution >= 4 is 5.96 Å². The zero-order valence-electron chi connectivity index (χ0n) is 13.0. The van der Waals surface area contributed by atoms with Crippen LogP contribution in [0.25, 0.3) is 0 Å². The Morgan fingerprint density at radius 1 is 1.39 bits per heavy atom. The van der Waals surface area contributed by atoms with Gasteiger partial charge in [0.1, 0.15) is 23.6 Å². The van der Waals surface area contributed by atoms with Gasteiger partial charge in [0.2, 0.25) is 0 Å². The summed E-state index contributed by atoms with van der Waals surface area (Å²) in [7, 11) is 3.54. The predicted molar refractivity (Wildman–Crippen MR) is 82.0 cm³/mol. The molecule has 1 aromatic heterocycles. The fourth-order valence-electron chi connectivity index (χ4n) is 2.69. The monoisotopic (exact) mass is 320 g/mol. The Hall–Kier alpha value is -2.44. The number of hydrogen-bond acceptors (Lipinski definition) is 3. The molecule has 2 aromatic rings. The minimum Gasteiger partial charge on any atom is -0.364 e. The first kappa shape index (κ1) is 15.5. The lowest BCUT2D eigenvalue weighted by molar-refractivity contribution is 0.391. The van der Waals surface area contributed by atoms with Crippen LogP contribution in [0.3, 0.4) is 0 Å². The van der Waals surface area contributed by atoms with Crippen LogP contribution in [0.15, 0.2) is 40.0 Å². The summed E-state index contributed by atoms with van der Waals surface area (Å²) in [5, 5.41) is 7.09. The first-order chi connectivity index (χ1) is 11.1. The minimum absolute atomic E-state index is 0.0279. The highest BCUT2D eigenvalue weighted by Gasteiger charge is 2.42. The third kappa shape index (κ3) is 3.33. The van der Waals surface area contributed by atoms with Gasteiger partial charge in [0.05, 0.1) is 6.54 Å². The number of rotatable bonds is 4. The molecule has 1 aliphatic rings. The van der Waals surface area contributed by atoms with E-state index in [0.29, 0.717) is 18.9 Å². The van der Waals surface area contributed by atoms with Gasteiger partial charge in [-0.3, -0.25) is 4.99 Å². The molecular formula is C16H18F2N4O. The van der Waals surface area contributed by atoms with Gasteiger partial charge in [-0.25, -0.2) is 8.78 Å². The molecule has 1 saturated carbocycles. The third-order valence-electron chi connectivity index (χ3n) is 3.94. The molecule has 1 aliphatic carbocycles. The number of halogens is 2. The van der Waals surface area contributed by atoms with Gasteiger partial charge < -0.3 is 14.7 Å². The number of guanidine groups is 1. The van der Waals surface area contributed by atoms with E-state index in [1.165, 1.54) is 24.5 Å². The van der Waals surface area contributed by atoms with E-state index in [-0.39, 0.29) is 17.5 Å². The Labute approximate surface area is 133 Å². The van der Waals surface area contributed by atoms with Crippen molar-refractivity contribution in [3.05, 3.63) is 53.4 Å². The quantitative estimate of drug-likeness (QED) is 0.695. The zero-order chi connectivity index (χ0) is 16.4. The van der Waals surface area contributed by atoms with Gasteiger partial charge in [0, 0.05) is 37.7 Å². The standard InChI is InChI=1S/C16H18F2N4O/c1-19-16(22(2)9-10-6-7-23-21-10)20-14-8-11(14)15-12(17)4-3-5-13(15)18/h3-7,11,14H,8-9H2,1-2H3,(H,19,20). The van der Waals surface area contributed by atoms with E-state index in [2.05, 4.69) is 15.5 Å². The lowest BCUT2D eigenvalue weighted by Gasteiger charge is -2.21. The molecular weight excluding hydrogens is 302 g/mol. The van der Waals surface area contributed by atoms with Gasteiger partial charge >= 0.3 is 0 Å². The van der Waals surface area contributed by atoms with Crippen molar-refractivity contribution in [3.63, 3.8) is 0 Å². The van der Waals surface area contributed by atoms with Crippen molar-refractivity contribution in [1.29, 1.82) is 0 Å². The minimum atomic E-state index is -0.495. The number of aliphatic imine (C=N–C) groups is 1.